The second-order valence-corrected chi connectivity index (χ2v) is 8.12. The zero-order valence-electron chi connectivity index (χ0n) is 16.2. The molecule has 0 unspecified atom stereocenters. The van der Waals surface area contributed by atoms with Crippen molar-refractivity contribution in [2.75, 3.05) is 38.7 Å². The van der Waals surface area contributed by atoms with Crippen LogP contribution in [0, 0.1) is 6.92 Å². The summed E-state index contributed by atoms with van der Waals surface area (Å²) in [6.45, 7) is 10.6. The van der Waals surface area contributed by atoms with Gasteiger partial charge in [0.2, 0.25) is 5.91 Å². The van der Waals surface area contributed by atoms with Crippen molar-refractivity contribution in [3.05, 3.63) is 29.3 Å². The van der Waals surface area contributed by atoms with Gasteiger partial charge in [-0.15, -0.1) is 11.6 Å². The first-order valence-corrected chi connectivity index (χ1v) is 9.61. The van der Waals surface area contributed by atoms with Crippen LogP contribution in [0.15, 0.2) is 18.2 Å². The zero-order valence-corrected chi connectivity index (χ0v) is 16.9. The highest BCUT2D eigenvalue weighted by Gasteiger charge is 2.25. The van der Waals surface area contributed by atoms with E-state index in [-0.39, 0.29) is 23.8 Å². The standard InChI is InChI=1S/C20H29ClN2O3/c1-15-5-6-17(16(13-15)20(2,3)4)26-14-19(25)23-11-9-22(10-12-23)18(24)7-8-21/h5-6,13H,7-12,14H2,1-4H3. The maximum absolute atomic E-state index is 12.5. The van der Waals surface area contributed by atoms with Gasteiger partial charge < -0.3 is 14.5 Å². The van der Waals surface area contributed by atoms with Gasteiger partial charge >= 0.3 is 0 Å². The van der Waals surface area contributed by atoms with Crippen LogP contribution in [0.5, 0.6) is 5.75 Å². The van der Waals surface area contributed by atoms with E-state index in [1.807, 2.05) is 12.1 Å². The number of nitrogens with zero attached hydrogens (tertiary/aromatic N) is 2. The smallest absolute Gasteiger partial charge is 0.260 e. The molecule has 0 radical (unpaired) electrons. The fourth-order valence-electron chi connectivity index (χ4n) is 3.03. The lowest BCUT2D eigenvalue weighted by Gasteiger charge is -2.34. The summed E-state index contributed by atoms with van der Waals surface area (Å²) in [5.41, 5.74) is 2.21. The number of halogens is 1. The molecule has 2 amide bonds. The number of carbonyl (C=O) groups excluding carboxylic acids is 2. The van der Waals surface area contributed by atoms with E-state index in [4.69, 9.17) is 16.3 Å². The van der Waals surface area contributed by atoms with E-state index >= 15 is 0 Å². The number of aryl methyl sites for hydroxylation is 1. The molecule has 1 aromatic carbocycles. The van der Waals surface area contributed by atoms with E-state index in [0.717, 1.165) is 11.3 Å². The predicted molar refractivity (Wildman–Crippen MR) is 104 cm³/mol. The molecule has 0 atom stereocenters. The van der Waals surface area contributed by atoms with Crippen LogP contribution in [-0.4, -0.2) is 60.3 Å². The first-order valence-electron chi connectivity index (χ1n) is 9.08. The Balaban J connectivity index is 1.91. The minimum absolute atomic E-state index is 0.0156. The third-order valence-corrected chi connectivity index (χ3v) is 4.78. The van der Waals surface area contributed by atoms with Crippen LogP contribution in [-0.2, 0) is 15.0 Å². The zero-order chi connectivity index (χ0) is 19.3. The molecule has 1 heterocycles. The first-order chi connectivity index (χ1) is 12.2. The van der Waals surface area contributed by atoms with Gasteiger partial charge in [-0.3, -0.25) is 9.59 Å². The molecule has 0 bridgehead atoms. The average Bonchev–Trinajstić information content (AvgIpc) is 2.60. The monoisotopic (exact) mass is 380 g/mol. The highest BCUT2D eigenvalue weighted by atomic mass is 35.5. The van der Waals surface area contributed by atoms with Crippen molar-refractivity contribution in [2.45, 2.75) is 39.5 Å². The number of ether oxygens (including phenoxy) is 1. The normalized spacial score (nSPS) is 15.1. The van der Waals surface area contributed by atoms with Crippen LogP contribution in [0.3, 0.4) is 0 Å². The summed E-state index contributed by atoms with van der Waals surface area (Å²) in [5.74, 6) is 1.10. The third kappa shape index (κ3) is 5.37. The van der Waals surface area contributed by atoms with Crippen molar-refractivity contribution in [3.8, 4) is 5.75 Å². The van der Waals surface area contributed by atoms with Crippen LogP contribution < -0.4 is 4.74 Å². The minimum atomic E-state index is -0.0567. The Morgan fingerprint density at radius 2 is 1.65 bits per heavy atom. The van der Waals surface area contributed by atoms with E-state index < -0.39 is 0 Å². The quantitative estimate of drug-likeness (QED) is 0.738. The van der Waals surface area contributed by atoms with Gasteiger partial charge in [0.25, 0.3) is 5.91 Å². The van der Waals surface area contributed by atoms with Gasteiger partial charge in [-0.1, -0.05) is 38.5 Å². The second kappa shape index (κ2) is 8.76. The molecule has 1 aromatic rings. The van der Waals surface area contributed by atoms with Crippen molar-refractivity contribution in [2.24, 2.45) is 0 Å². The van der Waals surface area contributed by atoms with Gasteiger partial charge in [0, 0.05) is 38.5 Å². The summed E-state index contributed by atoms with van der Waals surface area (Å²) >= 11 is 5.62. The Kier molecular flexibility index (Phi) is 6.93. The van der Waals surface area contributed by atoms with Crippen LogP contribution >= 0.6 is 11.6 Å². The van der Waals surface area contributed by atoms with Crippen molar-refractivity contribution < 1.29 is 14.3 Å². The number of hydrogen-bond acceptors (Lipinski definition) is 3. The summed E-state index contributed by atoms with van der Waals surface area (Å²) in [4.78, 5) is 27.9. The SMILES string of the molecule is Cc1ccc(OCC(=O)N2CCN(C(=O)CCCl)CC2)c(C(C)(C)C)c1. The number of piperazine rings is 1. The van der Waals surface area contributed by atoms with Gasteiger partial charge in [-0.2, -0.15) is 0 Å². The fourth-order valence-corrected chi connectivity index (χ4v) is 3.19. The van der Waals surface area contributed by atoms with E-state index in [1.54, 1.807) is 9.80 Å². The molecule has 2 rings (SSSR count). The molecule has 0 spiro atoms. The number of alkyl halides is 1. The maximum atomic E-state index is 12.5. The Morgan fingerprint density at radius 3 is 2.19 bits per heavy atom. The number of rotatable bonds is 5. The molecule has 1 fully saturated rings. The second-order valence-electron chi connectivity index (χ2n) is 7.74. The van der Waals surface area contributed by atoms with E-state index in [9.17, 15) is 9.59 Å². The van der Waals surface area contributed by atoms with Crippen molar-refractivity contribution in [1.82, 2.24) is 9.80 Å². The Morgan fingerprint density at radius 1 is 1.08 bits per heavy atom. The Hall–Kier alpha value is -1.75. The molecule has 5 nitrogen and oxygen atoms in total. The molecule has 0 aromatic heterocycles. The van der Waals surface area contributed by atoms with Crippen molar-refractivity contribution in [1.29, 1.82) is 0 Å². The van der Waals surface area contributed by atoms with Crippen LogP contribution in [0.25, 0.3) is 0 Å². The van der Waals surface area contributed by atoms with Crippen molar-refractivity contribution >= 4 is 23.4 Å². The molecule has 144 valence electrons. The number of hydrogen-bond donors (Lipinski definition) is 0. The molecule has 0 N–H and O–H groups in total. The molecule has 0 aliphatic carbocycles. The molecule has 0 saturated carbocycles. The Bertz CT molecular complexity index is 647. The summed E-state index contributed by atoms with van der Waals surface area (Å²) in [6, 6.07) is 6.04. The predicted octanol–water partition coefficient (Wildman–Crippen LogP) is 2.97. The molecule has 6 heteroatoms. The number of carbonyl (C=O) groups is 2. The molecule has 26 heavy (non-hydrogen) atoms. The summed E-state index contributed by atoms with van der Waals surface area (Å²) in [5, 5.41) is 0. The topological polar surface area (TPSA) is 49.9 Å². The van der Waals surface area contributed by atoms with Gasteiger partial charge in [0.15, 0.2) is 6.61 Å². The largest absolute Gasteiger partial charge is 0.483 e. The molecule has 1 aliphatic heterocycles. The van der Waals surface area contributed by atoms with Crippen LogP contribution in [0.1, 0.15) is 38.3 Å². The lowest BCUT2D eigenvalue weighted by molar-refractivity contribution is -0.140. The van der Waals surface area contributed by atoms with Gasteiger partial charge in [0.05, 0.1) is 0 Å². The van der Waals surface area contributed by atoms with E-state index in [0.29, 0.717) is 38.5 Å². The molecular weight excluding hydrogens is 352 g/mol. The average molecular weight is 381 g/mol. The highest BCUT2D eigenvalue weighted by molar-refractivity contribution is 6.18. The van der Waals surface area contributed by atoms with Gasteiger partial charge in [0.1, 0.15) is 5.75 Å². The first kappa shape index (κ1) is 20.6. The summed E-state index contributed by atoms with van der Waals surface area (Å²) in [6.07, 6.45) is 0.349. The Labute approximate surface area is 161 Å². The molecular formula is C20H29ClN2O3. The highest BCUT2D eigenvalue weighted by Crippen LogP contribution is 2.32. The number of benzene rings is 1. The van der Waals surface area contributed by atoms with Crippen molar-refractivity contribution in [3.63, 3.8) is 0 Å². The minimum Gasteiger partial charge on any atom is -0.483 e. The fraction of sp³-hybridized carbons (Fsp3) is 0.600. The van der Waals surface area contributed by atoms with Crippen LogP contribution in [0.2, 0.25) is 0 Å². The van der Waals surface area contributed by atoms with Gasteiger partial charge in [-0.05, 0) is 24.0 Å². The molecule has 1 saturated heterocycles. The summed E-state index contributed by atoms with van der Waals surface area (Å²) in [7, 11) is 0. The number of amides is 2. The van der Waals surface area contributed by atoms with Gasteiger partial charge in [-0.25, -0.2) is 0 Å². The third-order valence-electron chi connectivity index (χ3n) is 4.59. The maximum Gasteiger partial charge on any atom is 0.260 e. The lowest BCUT2D eigenvalue weighted by Crippen LogP contribution is -2.51. The van der Waals surface area contributed by atoms with E-state index in [1.165, 1.54) is 5.56 Å². The lowest BCUT2D eigenvalue weighted by atomic mass is 9.85. The van der Waals surface area contributed by atoms with Crippen LogP contribution in [0.4, 0.5) is 0 Å². The van der Waals surface area contributed by atoms with E-state index in [2.05, 4.69) is 33.8 Å². The summed E-state index contributed by atoms with van der Waals surface area (Å²) < 4.78 is 5.86. The molecule has 1 aliphatic rings.